The zero-order valence-corrected chi connectivity index (χ0v) is 16.5. The van der Waals surface area contributed by atoms with Crippen LogP contribution in [0.1, 0.15) is 28.0 Å². The van der Waals surface area contributed by atoms with Gasteiger partial charge in [0.2, 0.25) is 5.88 Å². The molecule has 4 rings (SSSR count). The van der Waals surface area contributed by atoms with Gasteiger partial charge in [-0.15, -0.1) is 0 Å². The first kappa shape index (κ1) is 19.2. The predicted octanol–water partition coefficient (Wildman–Crippen LogP) is 3.49. The Morgan fingerprint density at radius 2 is 2.21 bits per heavy atom. The summed E-state index contributed by atoms with van der Waals surface area (Å²) >= 11 is 6.22. The molecule has 1 atom stereocenters. The van der Waals surface area contributed by atoms with Gasteiger partial charge in [0.15, 0.2) is 11.6 Å². The van der Waals surface area contributed by atoms with E-state index in [4.69, 9.17) is 26.8 Å². The molecule has 0 radical (unpaired) electrons. The molecule has 1 saturated heterocycles. The van der Waals surface area contributed by atoms with Crippen LogP contribution < -0.4 is 15.8 Å². The van der Waals surface area contributed by atoms with Crippen LogP contribution in [0.3, 0.4) is 0 Å². The summed E-state index contributed by atoms with van der Waals surface area (Å²) in [5.41, 5.74) is 8.42. The maximum absolute atomic E-state index is 13.1. The number of benzene rings is 1. The summed E-state index contributed by atoms with van der Waals surface area (Å²) in [6, 6.07) is 8.52. The Labute approximate surface area is 172 Å². The van der Waals surface area contributed by atoms with Crippen molar-refractivity contribution in [2.75, 3.05) is 24.3 Å². The molecule has 2 aromatic heterocycles. The Bertz CT molecular complexity index is 1050. The van der Waals surface area contributed by atoms with Crippen molar-refractivity contribution in [1.29, 1.82) is 0 Å². The number of aryl methyl sites for hydroxylation is 1. The highest BCUT2D eigenvalue weighted by atomic mass is 35.5. The van der Waals surface area contributed by atoms with Gasteiger partial charge < -0.3 is 20.5 Å². The van der Waals surface area contributed by atoms with Gasteiger partial charge in [-0.1, -0.05) is 23.7 Å². The van der Waals surface area contributed by atoms with Crippen molar-refractivity contribution in [3.05, 3.63) is 58.4 Å². The fourth-order valence-corrected chi connectivity index (χ4v) is 3.23. The van der Waals surface area contributed by atoms with Gasteiger partial charge >= 0.3 is 0 Å². The van der Waals surface area contributed by atoms with Crippen molar-refractivity contribution in [2.45, 2.75) is 19.4 Å². The summed E-state index contributed by atoms with van der Waals surface area (Å²) in [7, 11) is 0. The molecule has 1 aliphatic heterocycles. The summed E-state index contributed by atoms with van der Waals surface area (Å²) in [5.74, 6) is 0.522. The van der Waals surface area contributed by atoms with Gasteiger partial charge in [-0.3, -0.25) is 9.89 Å². The lowest BCUT2D eigenvalue weighted by atomic mass is 10.0. The van der Waals surface area contributed by atoms with E-state index < -0.39 is 0 Å². The molecule has 1 aromatic carbocycles. The highest BCUT2D eigenvalue weighted by Crippen LogP contribution is 2.30. The number of H-pyrrole nitrogens is 1. The lowest BCUT2D eigenvalue weighted by molar-refractivity contribution is 0.103. The molecule has 150 valence electrons. The number of carbonyl (C=O) groups excluding carboxylic acids is 1. The molecule has 1 aliphatic rings. The SMILES string of the molecule is Cc1[nH]nc(Nc2cc(OC3CCOC3)ncc2C(=O)c2ccccc2Cl)c1N. The van der Waals surface area contributed by atoms with Crippen molar-refractivity contribution in [3.8, 4) is 5.88 Å². The van der Waals surface area contributed by atoms with Crippen molar-refractivity contribution >= 4 is 34.6 Å². The van der Waals surface area contributed by atoms with Crippen molar-refractivity contribution < 1.29 is 14.3 Å². The van der Waals surface area contributed by atoms with Gasteiger partial charge in [-0.25, -0.2) is 4.98 Å². The van der Waals surface area contributed by atoms with Crippen LogP contribution >= 0.6 is 11.6 Å². The van der Waals surface area contributed by atoms with Crippen molar-refractivity contribution in [1.82, 2.24) is 15.2 Å². The quantitative estimate of drug-likeness (QED) is 0.530. The summed E-state index contributed by atoms with van der Waals surface area (Å²) in [6.45, 7) is 2.97. The van der Waals surface area contributed by atoms with Gasteiger partial charge in [-0.2, -0.15) is 5.10 Å². The Morgan fingerprint density at radius 1 is 1.38 bits per heavy atom. The normalized spacial score (nSPS) is 16.0. The molecule has 0 bridgehead atoms. The van der Waals surface area contributed by atoms with Crippen LogP contribution in [0.4, 0.5) is 17.2 Å². The van der Waals surface area contributed by atoms with Crippen LogP contribution in [0.15, 0.2) is 36.5 Å². The number of hydrogen-bond acceptors (Lipinski definition) is 7. The maximum atomic E-state index is 13.1. The number of anilines is 3. The van der Waals surface area contributed by atoms with Gasteiger partial charge in [0.1, 0.15) is 6.10 Å². The molecular weight excluding hydrogens is 394 g/mol. The second kappa shape index (κ2) is 8.10. The fraction of sp³-hybridized carbons (Fsp3) is 0.250. The number of nitrogens with two attached hydrogens (primary N) is 1. The summed E-state index contributed by atoms with van der Waals surface area (Å²) < 4.78 is 11.2. The highest BCUT2D eigenvalue weighted by molar-refractivity contribution is 6.35. The van der Waals surface area contributed by atoms with Gasteiger partial charge in [0.05, 0.1) is 40.9 Å². The Balaban J connectivity index is 1.71. The third-order valence-corrected chi connectivity index (χ3v) is 4.99. The van der Waals surface area contributed by atoms with Crippen LogP contribution in [-0.4, -0.2) is 40.3 Å². The topological polar surface area (TPSA) is 115 Å². The summed E-state index contributed by atoms with van der Waals surface area (Å²) in [4.78, 5) is 17.4. The zero-order chi connectivity index (χ0) is 20.4. The third-order valence-electron chi connectivity index (χ3n) is 4.66. The minimum Gasteiger partial charge on any atom is -0.472 e. The van der Waals surface area contributed by atoms with Crippen molar-refractivity contribution in [2.24, 2.45) is 0 Å². The molecular formula is C20H20ClN5O3. The number of aromatic amines is 1. The number of hydrogen-bond donors (Lipinski definition) is 3. The fourth-order valence-electron chi connectivity index (χ4n) is 3.01. The average molecular weight is 414 g/mol. The molecule has 1 unspecified atom stereocenters. The lowest BCUT2D eigenvalue weighted by Gasteiger charge is -2.15. The molecule has 29 heavy (non-hydrogen) atoms. The summed E-state index contributed by atoms with van der Waals surface area (Å²) in [6.07, 6.45) is 2.18. The smallest absolute Gasteiger partial charge is 0.215 e. The number of rotatable bonds is 6. The van der Waals surface area contributed by atoms with E-state index in [0.717, 1.165) is 12.1 Å². The van der Waals surface area contributed by atoms with E-state index in [2.05, 4.69) is 20.5 Å². The number of ketones is 1. The van der Waals surface area contributed by atoms with E-state index in [-0.39, 0.29) is 11.9 Å². The second-order valence-electron chi connectivity index (χ2n) is 6.72. The van der Waals surface area contributed by atoms with Crippen LogP contribution in [0.5, 0.6) is 5.88 Å². The number of nitrogens with one attached hydrogen (secondary N) is 2. The lowest BCUT2D eigenvalue weighted by Crippen LogP contribution is -2.17. The molecule has 3 heterocycles. The second-order valence-corrected chi connectivity index (χ2v) is 7.12. The molecule has 9 heteroatoms. The number of carbonyl (C=O) groups is 1. The molecule has 4 N–H and O–H groups in total. The van der Waals surface area contributed by atoms with Crippen LogP contribution in [0.2, 0.25) is 5.02 Å². The third kappa shape index (κ3) is 4.03. The summed E-state index contributed by atoms with van der Waals surface area (Å²) in [5, 5.41) is 10.4. The van der Waals surface area contributed by atoms with Crippen LogP contribution in [0, 0.1) is 6.92 Å². The van der Waals surface area contributed by atoms with Crippen LogP contribution in [0.25, 0.3) is 0 Å². The molecule has 3 aromatic rings. The molecule has 0 amide bonds. The number of aromatic nitrogens is 3. The molecule has 0 saturated carbocycles. The first-order valence-corrected chi connectivity index (χ1v) is 9.52. The van der Waals surface area contributed by atoms with Gasteiger partial charge in [0.25, 0.3) is 0 Å². The van der Waals surface area contributed by atoms with E-state index in [0.29, 0.717) is 52.4 Å². The van der Waals surface area contributed by atoms with E-state index >= 15 is 0 Å². The van der Waals surface area contributed by atoms with E-state index in [9.17, 15) is 4.79 Å². The Kier molecular flexibility index (Phi) is 5.37. The zero-order valence-electron chi connectivity index (χ0n) is 15.7. The first-order chi connectivity index (χ1) is 14.0. The predicted molar refractivity (Wildman–Crippen MR) is 110 cm³/mol. The van der Waals surface area contributed by atoms with Crippen molar-refractivity contribution in [3.63, 3.8) is 0 Å². The first-order valence-electron chi connectivity index (χ1n) is 9.14. The number of nitrogen functional groups attached to an aromatic ring is 1. The number of nitrogens with zero attached hydrogens (tertiary/aromatic N) is 2. The monoisotopic (exact) mass is 413 g/mol. The number of halogens is 1. The Hall–Kier alpha value is -3.10. The minimum atomic E-state index is -0.271. The van der Waals surface area contributed by atoms with Gasteiger partial charge in [0, 0.05) is 24.2 Å². The number of pyridine rings is 1. The van der Waals surface area contributed by atoms with E-state index in [1.165, 1.54) is 6.20 Å². The Morgan fingerprint density at radius 3 is 2.90 bits per heavy atom. The largest absolute Gasteiger partial charge is 0.472 e. The highest BCUT2D eigenvalue weighted by Gasteiger charge is 2.22. The number of ether oxygens (including phenoxy) is 2. The molecule has 8 nitrogen and oxygen atoms in total. The van der Waals surface area contributed by atoms with Gasteiger partial charge in [-0.05, 0) is 19.1 Å². The maximum Gasteiger partial charge on any atom is 0.215 e. The minimum absolute atomic E-state index is 0.0711. The van der Waals surface area contributed by atoms with E-state index in [1.807, 2.05) is 6.92 Å². The van der Waals surface area contributed by atoms with E-state index in [1.54, 1.807) is 30.3 Å². The molecule has 0 aliphatic carbocycles. The standard InChI is InChI=1S/C20H20ClN5O3/c1-11-18(22)20(26-25-11)24-16-8-17(29-12-6-7-28-10-12)23-9-14(16)19(27)13-4-2-3-5-15(13)21/h2-5,8-9,12H,6-7,10,22H2,1H3,(H2,23,24,25,26). The molecule has 1 fully saturated rings. The average Bonchev–Trinajstić information content (AvgIpc) is 3.33. The van der Waals surface area contributed by atoms with Crippen LogP contribution in [-0.2, 0) is 4.74 Å². The molecule has 0 spiro atoms.